The van der Waals surface area contributed by atoms with Crippen LogP contribution in [0.3, 0.4) is 0 Å². The molecular formula is C18H15BrN4O2S. The maximum Gasteiger partial charge on any atom is 0.276 e. The standard InChI is InChI=1S/C18H15BrN4O2S/c1-25-14-8-7-10(19)9-12(14)16-20-13-6-4-3-5-11(13)15-17(24)21-18(26-2)22-23(15)16/h3-9,16H,1-2H3,(H,21,22,24)/t16-/m1/s1. The summed E-state index contributed by atoms with van der Waals surface area (Å²) in [5, 5.41) is 11.2. The van der Waals surface area contributed by atoms with E-state index >= 15 is 0 Å². The fourth-order valence-corrected chi connectivity index (χ4v) is 3.77. The van der Waals surface area contributed by atoms with Crippen LogP contribution in [0.5, 0.6) is 5.75 Å². The summed E-state index contributed by atoms with van der Waals surface area (Å²) in [6.45, 7) is 0. The van der Waals surface area contributed by atoms with Gasteiger partial charge in [-0.15, -0.1) is 5.10 Å². The molecule has 0 fully saturated rings. The molecule has 1 amide bonds. The summed E-state index contributed by atoms with van der Waals surface area (Å²) in [5.74, 6) is 0.498. The minimum Gasteiger partial charge on any atom is -0.496 e. The predicted molar refractivity (Wildman–Crippen MR) is 105 cm³/mol. The Morgan fingerprint density at radius 1 is 1.27 bits per heavy atom. The van der Waals surface area contributed by atoms with Crippen molar-refractivity contribution in [3.63, 3.8) is 0 Å². The number of thioether (sulfide) groups is 1. The van der Waals surface area contributed by atoms with Gasteiger partial charge in [-0.3, -0.25) is 15.1 Å². The van der Waals surface area contributed by atoms with Crippen LogP contribution in [0.1, 0.15) is 11.7 Å². The number of hydrogen-bond donors (Lipinski definition) is 1. The van der Waals surface area contributed by atoms with Crippen molar-refractivity contribution < 1.29 is 9.53 Å². The first-order chi connectivity index (χ1) is 12.6. The second-order valence-electron chi connectivity index (χ2n) is 5.66. The second-order valence-corrected chi connectivity index (χ2v) is 7.37. The molecule has 1 N–H and O–H groups in total. The van der Waals surface area contributed by atoms with Gasteiger partial charge in [0.25, 0.3) is 5.91 Å². The molecule has 6 nitrogen and oxygen atoms in total. The van der Waals surface area contributed by atoms with Gasteiger partial charge in [0.05, 0.1) is 12.5 Å². The Kier molecular flexibility index (Phi) is 4.46. The van der Waals surface area contributed by atoms with Crippen LogP contribution in [0, 0.1) is 0 Å². The molecule has 132 valence electrons. The average molecular weight is 431 g/mol. The number of methoxy groups -OCH3 is 1. The molecule has 2 heterocycles. The summed E-state index contributed by atoms with van der Waals surface area (Å²) in [6, 6.07) is 13.3. The molecule has 0 unspecified atom stereocenters. The number of amidine groups is 1. The van der Waals surface area contributed by atoms with Gasteiger partial charge >= 0.3 is 0 Å². The Labute approximate surface area is 162 Å². The molecule has 26 heavy (non-hydrogen) atoms. The summed E-state index contributed by atoms with van der Waals surface area (Å²) in [7, 11) is 1.62. The number of hydrazone groups is 1. The van der Waals surface area contributed by atoms with Gasteiger partial charge in [-0.25, -0.2) is 5.01 Å². The molecule has 0 saturated heterocycles. The number of fused-ring (bicyclic) bond motifs is 2. The molecule has 2 aliphatic rings. The van der Waals surface area contributed by atoms with E-state index < -0.39 is 6.17 Å². The third-order valence-electron chi connectivity index (χ3n) is 4.18. The van der Waals surface area contributed by atoms with E-state index in [1.807, 2.05) is 48.7 Å². The third kappa shape index (κ3) is 2.79. The van der Waals surface area contributed by atoms with Gasteiger partial charge < -0.3 is 4.74 Å². The van der Waals surface area contributed by atoms with Gasteiger partial charge in [0.1, 0.15) is 11.4 Å². The number of hydrogen-bond acceptors (Lipinski definition) is 6. The number of amides is 1. The zero-order valence-electron chi connectivity index (χ0n) is 14.1. The van der Waals surface area contributed by atoms with Crippen molar-refractivity contribution in [1.82, 2.24) is 10.3 Å². The van der Waals surface area contributed by atoms with Crippen LogP contribution in [0.2, 0.25) is 0 Å². The van der Waals surface area contributed by atoms with Gasteiger partial charge in [0.2, 0.25) is 0 Å². The SMILES string of the molecule is COc1ccc(Br)cc1[C@@H]1N=c2ccccc2=C2C(=O)NC(SC)=NN21. The molecule has 2 aromatic carbocycles. The molecule has 1 atom stereocenters. The van der Waals surface area contributed by atoms with Crippen LogP contribution in [0.15, 0.2) is 57.0 Å². The fourth-order valence-electron chi connectivity index (χ4n) is 3.03. The molecule has 8 heteroatoms. The zero-order chi connectivity index (χ0) is 18.3. The van der Waals surface area contributed by atoms with Crippen molar-refractivity contribution in [2.24, 2.45) is 10.1 Å². The van der Waals surface area contributed by atoms with E-state index in [1.165, 1.54) is 11.8 Å². The highest BCUT2D eigenvalue weighted by molar-refractivity contribution is 9.10. The maximum atomic E-state index is 12.8. The van der Waals surface area contributed by atoms with Crippen LogP contribution >= 0.6 is 27.7 Å². The van der Waals surface area contributed by atoms with Crippen LogP contribution in [-0.4, -0.2) is 29.4 Å². The molecule has 0 spiro atoms. The minimum absolute atomic E-state index is 0.189. The lowest BCUT2D eigenvalue weighted by atomic mass is 10.1. The Balaban J connectivity index is 2.01. The van der Waals surface area contributed by atoms with Gasteiger partial charge in [-0.2, -0.15) is 0 Å². The Bertz CT molecular complexity index is 1050. The van der Waals surface area contributed by atoms with Gasteiger partial charge in [0, 0.05) is 15.3 Å². The van der Waals surface area contributed by atoms with E-state index in [-0.39, 0.29) is 5.91 Å². The molecule has 2 aromatic rings. The molecular weight excluding hydrogens is 416 g/mol. The van der Waals surface area contributed by atoms with Crippen molar-refractivity contribution in [1.29, 1.82) is 0 Å². The van der Waals surface area contributed by atoms with Crippen molar-refractivity contribution in [3.8, 4) is 5.75 Å². The van der Waals surface area contributed by atoms with Crippen molar-refractivity contribution in [3.05, 3.63) is 63.1 Å². The number of para-hydroxylation sites is 1. The lowest BCUT2D eigenvalue weighted by Crippen LogP contribution is -2.50. The van der Waals surface area contributed by atoms with Crippen LogP contribution in [-0.2, 0) is 4.79 Å². The summed E-state index contributed by atoms with van der Waals surface area (Å²) in [6.07, 6.45) is 1.37. The number of carbonyl (C=O) groups is 1. The topological polar surface area (TPSA) is 66.3 Å². The lowest BCUT2D eigenvalue weighted by Gasteiger charge is -2.34. The van der Waals surface area contributed by atoms with Crippen LogP contribution in [0.4, 0.5) is 0 Å². The maximum absolute atomic E-state index is 12.8. The van der Waals surface area contributed by atoms with E-state index in [0.29, 0.717) is 16.6 Å². The van der Waals surface area contributed by atoms with Crippen molar-refractivity contribution in [2.75, 3.05) is 13.4 Å². The summed E-state index contributed by atoms with van der Waals surface area (Å²) in [4.78, 5) is 17.7. The second kappa shape index (κ2) is 6.77. The summed E-state index contributed by atoms with van der Waals surface area (Å²) in [5.41, 5.74) is 1.31. The normalized spacial score (nSPS) is 18.3. The highest BCUT2D eigenvalue weighted by Gasteiger charge is 2.35. The van der Waals surface area contributed by atoms with Crippen molar-refractivity contribution >= 4 is 44.5 Å². The molecule has 0 aliphatic carbocycles. The smallest absolute Gasteiger partial charge is 0.276 e. The molecule has 0 aromatic heterocycles. The van der Waals surface area contributed by atoms with Crippen LogP contribution in [0.25, 0.3) is 5.70 Å². The monoisotopic (exact) mass is 430 g/mol. The van der Waals surface area contributed by atoms with E-state index in [4.69, 9.17) is 9.73 Å². The quantitative estimate of drug-likeness (QED) is 0.790. The molecule has 0 bridgehead atoms. The van der Waals surface area contributed by atoms with E-state index in [2.05, 4.69) is 26.3 Å². The van der Waals surface area contributed by atoms with E-state index in [9.17, 15) is 4.79 Å². The number of halogens is 1. The first kappa shape index (κ1) is 17.1. The summed E-state index contributed by atoms with van der Waals surface area (Å²) >= 11 is 4.89. The Morgan fingerprint density at radius 2 is 2.08 bits per heavy atom. The minimum atomic E-state index is -0.499. The van der Waals surface area contributed by atoms with Gasteiger partial charge in [-0.05, 0) is 30.5 Å². The largest absolute Gasteiger partial charge is 0.496 e. The highest BCUT2D eigenvalue weighted by Crippen LogP contribution is 2.36. The van der Waals surface area contributed by atoms with Gasteiger partial charge in [0.15, 0.2) is 11.3 Å². The highest BCUT2D eigenvalue weighted by atomic mass is 79.9. The Morgan fingerprint density at radius 3 is 2.85 bits per heavy atom. The fraction of sp³-hybridized carbons (Fsp3) is 0.167. The summed E-state index contributed by atoms with van der Waals surface area (Å²) < 4.78 is 6.43. The Hall–Kier alpha value is -2.32. The van der Waals surface area contributed by atoms with Crippen LogP contribution < -0.4 is 20.6 Å². The van der Waals surface area contributed by atoms with Gasteiger partial charge in [-0.1, -0.05) is 45.9 Å². The molecule has 4 rings (SSSR count). The number of ether oxygens (including phenoxy) is 1. The number of rotatable bonds is 2. The number of nitrogens with one attached hydrogen (secondary N) is 1. The molecule has 0 radical (unpaired) electrons. The first-order valence-corrected chi connectivity index (χ1v) is 9.88. The number of benzene rings is 2. The lowest BCUT2D eigenvalue weighted by molar-refractivity contribution is -0.116. The third-order valence-corrected chi connectivity index (χ3v) is 5.24. The number of carbonyl (C=O) groups excluding carboxylic acids is 1. The van der Waals surface area contributed by atoms with E-state index in [1.54, 1.807) is 12.1 Å². The predicted octanol–water partition coefficient (Wildman–Crippen LogP) is 1.96. The van der Waals surface area contributed by atoms with Crippen molar-refractivity contribution in [2.45, 2.75) is 6.17 Å². The number of nitrogens with zero attached hydrogens (tertiary/aromatic N) is 3. The first-order valence-electron chi connectivity index (χ1n) is 7.86. The zero-order valence-corrected chi connectivity index (χ0v) is 16.5. The average Bonchev–Trinajstić information content (AvgIpc) is 2.66. The molecule has 2 aliphatic heterocycles. The van der Waals surface area contributed by atoms with E-state index in [0.717, 1.165) is 20.6 Å². The molecule has 0 saturated carbocycles.